The fourth-order valence-electron chi connectivity index (χ4n) is 4.21. The zero-order chi connectivity index (χ0) is 21.5. The molecule has 0 bridgehead atoms. The molecule has 2 aliphatic heterocycles. The third-order valence-electron chi connectivity index (χ3n) is 5.77. The second-order valence-electron chi connectivity index (χ2n) is 7.59. The van der Waals surface area contributed by atoms with Crippen LogP contribution in [-0.4, -0.2) is 39.0 Å². The Kier molecular flexibility index (Phi) is 5.15. The number of rotatable bonds is 4. The maximum Gasteiger partial charge on any atom is 0.287 e. The topological polar surface area (TPSA) is 83.2 Å². The Balaban J connectivity index is 1.46. The first kappa shape index (κ1) is 20.0. The number of nitrogens with zero attached hydrogens (tertiary/aromatic N) is 4. The van der Waals surface area contributed by atoms with Crippen molar-refractivity contribution in [3.63, 3.8) is 0 Å². The lowest BCUT2D eigenvalue weighted by Crippen LogP contribution is -2.36. The molecule has 0 aliphatic carbocycles. The summed E-state index contributed by atoms with van der Waals surface area (Å²) in [6, 6.07) is 2.30. The summed E-state index contributed by atoms with van der Waals surface area (Å²) in [7, 11) is 1.46. The number of halogens is 2. The van der Waals surface area contributed by atoms with Crippen LogP contribution in [0.3, 0.4) is 0 Å². The van der Waals surface area contributed by atoms with E-state index in [1.165, 1.54) is 23.9 Å². The summed E-state index contributed by atoms with van der Waals surface area (Å²) in [6.45, 7) is 1.29. The number of carbonyl (C=O) groups excluding carboxylic acids is 1. The van der Waals surface area contributed by atoms with Gasteiger partial charge in [0.15, 0.2) is 11.6 Å². The molecule has 0 unspecified atom stereocenters. The van der Waals surface area contributed by atoms with E-state index >= 15 is 0 Å². The van der Waals surface area contributed by atoms with Crippen LogP contribution in [0.25, 0.3) is 5.69 Å². The molecule has 4 heterocycles. The van der Waals surface area contributed by atoms with Crippen LogP contribution < -0.4 is 10.1 Å². The van der Waals surface area contributed by atoms with Gasteiger partial charge in [-0.15, -0.1) is 0 Å². The minimum atomic E-state index is -0.535. The lowest BCUT2D eigenvalue weighted by molar-refractivity contribution is 0.0678. The van der Waals surface area contributed by atoms with Gasteiger partial charge in [-0.1, -0.05) is 11.6 Å². The van der Waals surface area contributed by atoms with Crippen molar-refractivity contribution in [2.45, 2.75) is 38.5 Å². The summed E-state index contributed by atoms with van der Waals surface area (Å²) in [5.41, 5.74) is 2.53. The average Bonchev–Trinajstić information content (AvgIpc) is 3.39. The highest BCUT2D eigenvalue weighted by Crippen LogP contribution is 2.35. The van der Waals surface area contributed by atoms with Crippen LogP contribution in [0.5, 0.6) is 5.75 Å². The minimum Gasteiger partial charge on any atom is -0.495 e. The van der Waals surface area contributed by atoms with Crippen LogP contribution in [0.15, 0.2) is 24.5 Å². The van der Waals surface area contributed by atoms with Gasteiger partial charge in [-0.05, 0) is 31.4 Å². The zero-order valence-electron chi connectivity index (χ0n) is 16.9. The number of carbonyl (C=O) groups is 1. The van der Waals surface area contributed by atoms with E-state index in [0.29, 0.717) is 17.3 Å². The van der Waals surface area contributed by atoms with E-state index in [1.807, 2.05) is 4.57 Å². The van der Waals surface area contributed by atoms with Crippen LogP contribution in [0.2, 0.25) is 5.02 Å². The molecule has 0 saturated carbocycles. The molecule has 2 aliphatic rings. The molecule has 0 fully saturated rings. The fourth-order valence-corrected chi connectivity index (χ4v) is 4.52. The van der Waals surface area contributed by atoms with Crippen LogP contribution >= 0.6 is 11.6 Å². The molecule has 1 atom stereocenters. The Morgan fingerprint density at radius 3 is 3.06 bits per heavy atom. The molecule has 31 heavy (non-hydrogen) atoms. The van der Waals surface area contributed by atoms with Crippen molar-refractivity contribution < 1.29 is 18.7 Å². The van der Waals surface area contributed by atoms with Gasteiger partial charge in [-0.25, -0.2) is 14.1 Å². The van der Waals surface area contributed by atoms with E-state index < -0.39 is 11.9 Å². The van der Waals surface area contributed by atoms with Gasteiger partial charge in [-0.2, -0.15) is 5.10 Å². The van der Waals surface area contributed by atoms with E-state index in [4.69, 9.17) is 21.1 Å². The quantitative estimate of drug-likeness (QED) is 0.666. The highest BCUT2D eigenvalue weighted by Gasteiger charge is 2.30. The summed E-state index contributed by atoms with van der Waals surface area (Å²) in [6.07, 6.45) is 6.44. The van der Waals surface area contributed by atoms with Crippen molar-refractivity contribution in [2.75, 3.05) is 13.7 Å². The van der Waals surface area contributed by atoms with Crippen molar-refractivity contribution in [3.05, 3.63) is 58.1 Å². The number of imidazole rings is 1. The number of hydrogen-bond acceptors (Lipinski definition) is 5. The number of ether oxygens (including phenoxy) is 2. The van der Waals surface area contributed by atoms with E-state index in [2.05, 4.69) is 15.4 Å². The molecule has 1 aromatic carbocycles. The maximum atomic E-state index is 14.6. The van der Waals surface area contributed by atoms with Crippen molar-refractivity contribution >= 4 is 17.5 Å². The largest absolute Gasteiger partial charge is 0.495 e. The van der Waals surface area contributed by atoms with Crippen molar-refractivity contribution in [3.8, 4) is 11.4 Å². The molecule has 162 valence electrons. The van der Waals surface area contributed by atoms with Crippen LogP contribution in [0.1, 0.15) is 46.5 Å². The first-order chi connectivity index (χ1) is 15.1. The zero-order valence-corrected chi connectivity index (χ0v) is 17.7. The highest BCUT2D eigenvalue weighted by atomic mass is 35.5. The number of hydrogen-bond donors (Lipinski definition) is 1. The normalized spacial score (nSPS) is 17.7. The first-order valence-electron chi connectivity index (χ1n) is 10.1. The molecule has 2 aromatic heterocycles. The average molecular weight is 446 g/mol. The summed E-state index contributed by atoms with van der Waals surface area (Å²) < 4.78 is 28.9. The predicted octanol–water partition coefficient (Wildman–Crippen LogP) is 3.21. The van der Waals surface area contributed by atoms with Gasteiger partial charge in [0.2, 0.25) is 0 Å². The van der Waals surface area contributed by atoms with Crippen molar-refractivity contribution in [2.24, 2.45) is 0 Å². The lowest BCUT2D eigenvalue weighted by Gasteiger charge is -2.25. The molecule has 0 radical (unpaired) electrons. The third-order valence-corrected chi connectivity index (χ3v) is 6.14. The van der Waals surface area contributed by atoms with Gasteiger partial charge in [-0.3, -0.25) is 4.79 Å². The van der Waals surface area contributed by atoms with Gasteiger partial charge in [0.25, 0.3) is 5.91 Å². The predicted molar refractivity (Wildman–Crippen MR) is 110 cm³/mol. The van der Waals surface area contributed by atoms with Crippen molar-refractivity contribution in [1.82, 2.24) is 24.6 Å². The van der Waals surface area contributed by atoms with E-state index in [-0.39, 0.29) is 29.8 Å². The van der Waals surface area contributed by atoms with Gasteiger partial charge < -0.3 is 19.4 Å². The molecule has 0 saturated heterocycles. The molecule has 1 N–H and O–H groups in total. The SMILES string of the molecule is COc1ccc(F)c(-n2ncc3c2COC[C@@H]3NC(=O)c2ncc3n2CCCC3)c1Cl. The van der Waals surface area contributed by atoms with Gasteiger partial charge in [0.05, 0.1) is 38.3 Å². The number of benzene rings is 1. The third kappa shape index (κ3) is 3.37. The van der Waals surface area contributed by atoms with Crippen LogP contribution in [-0.2, 0) is 24.3 Å². The molecule has 0 spiro atoms. The monoisotopic (exact) mass is 445 g/mol. The standard InChI is InChI=1S/C21H21ClFN5O3/c1-30-17-6-5-14(23)19(18(17)22)28-16-11-31-10-15(13(16)9-25-28)26-21(29)20-24-8-12-4-2-3-7-27(12)20/h5-6,8-9,15H,2-4,7,10-11H2,1H3,(H,26,29)/t15-/m0/s1. The molecular weight excluding hydrogens is 425 g/mol. The Morgan fingerprint density at radius 2 is 2.23 bits per heavy atom. The molecular formula is C21H21ClFN5O3. The number of nitrogens with one attached hydrogen (secondary N) is 1. The lowest BCUT2D eigenvalue weighted by atomic mass is 10.1. The van der Waals surface area contributed by atoms with Gasteiger partial charge in [0, 0.05) is 24.0 Å². The molecule has 5 rings (SSSR count). The smallest absolute Gasteiger partial charge is 0.287 e. The Morgan fingerprint density at radius 1 is 1.35 bits per heavy atom. The summed E-state index contributed by atoms with van der Waals surface area (Å²) in [5.74, 6) is -0.0658. The van der Waals surface area contributed by atoms with Crippen molar-refractivity contribution in [1.29, 1.82) is 0 Å². The van der Waals surface area contributed by atoms with Crippen LogP contribution in [0, 0.1) is 5.82 Å². The Hall–Kier alpha value is -2.91. The van der Waals surface area contributed by atoms with E-state index in [1.54, 1.807) is 12.4 Å². The highest BCUT2D eigenvalue weighted by molar-refractivity contribution is 6.33. The van der Waals surface area contributed by atoms with Gasteiger partial charge >= 0.3 is 0 Å². The summed E-state index contributed by atoms with van der Waals surface area (Å²) >= 11 is 6.36. The second kappa shape index (κ2) is 7.97. The molecule has 3 aromatic rings. The molecule has 1 amide bonds. The number of fused-ring (bicyclic) bond motifs is 2. The Labute approximate surface area is 182 Å². The second-order valence-corrected chi connectivity index (χ2v) is 7.97. The summed E-state index contributed by atoms with van der Waals surface area (Å²) in [4.78, 5) is 17.3. The number of aryl methyl sites for hydroxylation is 1. The minimum absolute atomic E-state index is 0.0835. The number of amides is 1. The molecule has 8 nitrogen and oxygen atoms in total. The van der Waals surface area contributed by atoms with E-state index in [0.717, 1.165) is 37.1 Å². The Bertz CT molecular complexity index is 1160. The maximum absolute atomic E-state index is 14.6. The number of aromatic nitrogens is 4. The van der Waals surface area contributed by atoms with E-state index in [9.17, 15) is 9.18 Å². The fraction of sp³-hybridized carbons (Fsp3) is 0.381. The van der Waals surface area contributed by atoms with Gasteiger partial charge in [0.1, 0.15) is 16.5 Å². The number of methoxy groups -OCH3 is 1. The molecule has 10 heteroatoms. The summed E-state index contributed by atoms with van der Waals surface area (Å²) in [5, 5.41) is 7.45. The first-order valence-corrected chi connectivity index (χ1v) is 10.5. The van der Waals surface area contributed by atoms with Crippen LogP contribution in [0.4, 0.5) is 4.39 Å².